The Morgan fingerprint density at radius 2 is 2.29 bits per heavy atom. The van der Waals surface area contributed by atoms with Crippen LogP contribution in [0.25, 0.3) is 0 Å². The summed E-state index contributed by atoms with van der Waals surface area (Å²) in [6.45, 7) is 4.06. The molecular weight excluding hydrogens is 335 g/mol. The average molecular weight is 350 g/mol. The van der Waals surface area contributed by atoms with E-state index in [2.05, 4.69) is 16.8 Å². The van der Waals surface area contributed by atoms with Crippen molar-refractivity contribution in [2.45, 2.75) is 0 Å². The Labute approximate surface area is 114 Å². The summed E-state index contributed by atoms with van der Waals surface area (Å²) < 4.78 is 1.52. The molecule has 0 atom stereocenters. The Hall–Kier alpha value is -1.33. The number of rotatable bonds is 4. The van der Waals surface area contributed by atoms with E-state index in [0.717, 1.165) is 0 Å². The van der Waals surface area contributed by atoms with Gasteiger partial charge in [0.15, 0.2) is 0 Å². The fraction of sp³-hybridized carbons (Fsp3) is 0.250. The molecule has 0 saturated carbocycles. The minimum atomic E-state index is 0.240. The number of nitrogens with two attached hydrogens (primary N) is 2. The second-order valence-electron chi connectivity index (χ2n) is 3.10. The van der Waals surface area contributed by atoms with Crippen molar-refractivity contribution in [3.05, 3.63) is 25.2 Å². The molecule has 0 radical (unpaired) electrons. The maximum Gasteiger partial charge on any atom is 0.222 e. The number of nitrogens with zero attached hydrogens (tertiary/aromatic N) is 6. The molecule has 9 heteroatoms. The maximum absolute atomic E-state index is 5.78. The van der Waals surface area contributed by atoms with Crippen molar-refractivity contribution < 1.29 is 0 Å². The first kappa shape index (κ1) is 13.7. The predicted octanol–water partition coefficient (Wildman–Crippen LogP) is -0.193. The summed E-state index contributed by atoms with van der Waals surface area (Å²) in [6, 6.07) is 0. The zero-order valence-electron chi connectivity index (χ0n) is 9.44. The fourth-order valence-corrected chi connectivity index (χ4v) is 1.25. The van der Waals surface area contributed by atoms with Gasteiger partial charge in [-0.25, -0.2) is 5.84 Å². The van der Waals surface area contributed by atoms with E-state index >= 15 is 0 Å². The number of hydrazine groups is 3. The van der Waals surface area contributed by atoms with E-state index in [9.17, 15) is 0 Å². The van der Waals surface area contributed by atoms with Gasteiger partial charge in [-0.05, 0) is 22.6 Å². The van der Waals surface area contributed by atoms with Crippen LogP contribution in [0.3, 0.4) is 0 Å². The summed E-state index contributed by atoms with van der Waals surface area (Å²) in [7, 11) is 1.83. The van der Waals surface area contributed by atoms with Gasteiger partial charge >= 0.3 is 0 Å². The Bertz CT molecular complexity index is 351. The first-order valence-electron chi connectivity index (χ1n) is 4.67. The minimum absolute atomic E-state index is 0.240. The van der Waals surface area contributed by atoms with Crippen LogP contribution in [0.5, 0.6) is 0 Å². The summed E-state index contributed by atoms with van der Waals surface area (Å²) in [6.07, 6.45) is 5.19. The Morgan fingerprint density at radius 3 is 2.76 bits per heavy atom. The first-order chi connectivity index (χ1) is 8.10. The molecule has 0 spiro atoms. The highest BCUT2D eigenvalue weighted by Gasteiger charge is 2.19. The summed E-state index contributed by atoms with van der Waals surface area (Å²) in [5.74, 6) is 6.02. The number of hydrogen-bond donors (Lipinski definition) is 2. The monoisotopic (exact) mass is 350 g/mol. The molecule has 0 aliphatic carbocycles. The normalized spacial score (nSPS) is 17.2. The van der Waals surface area contributed by atoms with Gasteiger partial charge in [0, 0.05) is 25.6 Å². The van der Waals surface area contributed by atoms with Gasteiger partial charge in [0.25, 0.3) is 0 Å². The van der Waals surface area contributed by atoms with Gasteiger partial charge in [-0.15, -0.1) is 10.2 Å². The first-order valence-corrected chi connectivity index (χ1v) is 5.91. The highest BCUT2D eigenvalue weighted by molar-refractivity contribution is 14.1. The van der Waals surface area contributed by atoms with Crippen LogP contribution in [0.2, 0.25) is 0 Å². The van der Waals surface area contributed by atoms with E-state index in [-0.39, 0.29) is 5.96 Å². The van der Waals surface area contributed by atoms with Crippen molar-refractivity contribution in [2.75, 3.05) is 13.7 Å². The van der Waals surface area contributed by atoms with Crippen LogP contribution in [0.15, 0.2) is 35.4 Å². The standard InChI is InChI=1S/C8H15IN8/c1-3-15(8(10)13-12-6-9)7-16-5-4-14(2)17(16)11/h3-6H,1,7,11H2,2H3,(H2,10,13)/b12-6+. The van der Waals surface area contributed by atoms with Crippen molar-refractivity contribution in [2.24, 2.45) is 21.8 Å². The van der Waals surface area contributed by atoms with Crippen molar-refractivity contribution in [3.8, 4) is 0 Å². The third kappa shape index (κ3) is 3.57. The molecule has 17 heavy (non-hydrogen) atoms. The van der Waals surface area contributed by atoms with Crippen molar-refractivity contribution in [1.29, 1.82) is 0 Å². The molecule has 4 N–H and O–H groups in total. The van der Waals surface area contributed by atoms with Gasteiger partial charge < -0.3 is 5.73 Å². The van der Waals surface area contributed by atoms with Gasteiger partial charge in [0.2, 0.25) is 5.96 Å². The second kappa shape index (κ2) is 6.42. The third-order valence-corrected chi connectivity index (χ3v) is 2.31. The zero-order valence-corrected chi connectivity index (χ0v) is 11.6. The molecule has 0 aromatic heterocycles. The summed E-state index contributed by atoms with van der Waals surface area (Å²) in [5, 5.41) is 12.4. The van der Waals surface area contributed by atoms with Crippen LogP contribution < -0.4 is 11.6 Å². The molecule has 1 aliphatic rings. The summed E-state index contributed by atoms with van der Waals surface area (Å²) >= 11 is 1.96. The molecule has 0 bridgehead atoms. The molecule has 0 aromatic rings. The van der Waals surface area contributed by atoms with E-state index in [1.807, 2.05) is 42.0 Å². The Kier molecular flexibility index (Phi) is 5.18. The fourth-order valence-electron chi connectivity index (χ4n) is 1.12. The molecule has 8 nitrogen and oxygen atoms in total. The molecule has 1 heterocycles. The number of hydrogen-bond acceptors (Lipinski definition) is 6. The highest BCUT2D eigenvalue weighted by Crippen LogP contribution is 2.08. The van der Waals surface area contributed by atoms with Crippen LogP contribution in [-0.4, -0.2) is 44.0 Å². The number of guanidine groups is 1. The Balaban J connectivity index is 2.65. The molecule has 1 rings (SSSR count). The zero-order chi connectivity index (χ0) is 12.8. The lowest BCUT2D eigenvalue weighted by Gasteiger charge is -2.32. The quantitative estimate of drug-likeness (QED) is 0.240. The molecule has 0 saturated heterocycles. The van der Waals surface area contributed by atoms with E-state index < -0.39 is 0 Å². The lowest BCUT2D eigenvalue weighted by molar-refractivity contribution is -0.109. The second-order valence-corrected chi connectivity index (χ2v) is 3.65. The lowest BCUT2D eigenvalue weighted by Crippen LogP contribution is -2.52. The smallest absolute Gasteiger partial charge is 0.222 e. The molecule has 0 aromatic carbocycles. The van der Waals surface area contributed by atoms with Gasteiger partial charge in [-0.1, -0.05) is 11.8 Å². The predicted molar refractivity (Wildman–Crippen MR) is 75.8 cm³/mol. The van der Waals surface area contributed by atoms with Crippen LogP contribution in [0.4, 0.5) is 0 Å². The molecule has 0 unspecified atom stereocenters. The van der Waals surface area contributed by atoms with E-state index in [4.69, 9.17) is 11.6 Å². The average Bonchev–Trinajstić information content (AvgIpc) is 2.64. The largest absolute Gasteiger partial charge is 0.368 e. The minimum Gasteiger partial charge on any atom is -0.368 e. The summed E-state index contributed by atoms with van der Waals surface area (Å²) in [4.78, 5) is 1.62. The molecule has 0 amide bonds. The highest BCUT2D eigenvalue weighted by atomic mass is 127. The molecular formula is C8H15IN8. The lowest BCUT2D eigenvalue weighted by atomic mass is 10.7. The maximum atomic E-state index is 5.78. The van der Waals surface area contributed by atoms with Crippen LogP contribution in [-0.2, 0) is 0 Å². The SMILES string of the molecule is C=CN(CN1C=CN(C)N1N)/C(N)=N\N=C\I. The molecule has 1 aliphatic heterocycles. The van der Waals surface area contributed by atoms with Gasteiger partial charge in [0.1, 0.15) is 6.67 Å². The van der Waals surface area contributed by atoms with Crippen LogP contribution >= 0.6 is 22.6 Å². The topological polar surface area (TPSA) is 89.7 Å². The van der Waals surface area contributed by atoms with E-state index in [0.29, 0.717) is 6.67 Å². The van der Waals surface area contributed by atoms with Gasteiger partial charge in [-0.2, -0.15) is 0 Å². The molecule has 0 fully saturated rings. The van der Waals surface area contributed by atoms with Gasteiger partial charge in [-0.3, -0.25) is 14.9 Å². The summed E-state index contributed by atoms with van der Waals surface area (Å²) in [5.41, 5.74) is 5.74. The Morgan fingerprint density at radius 1 is 1.59 bits per heavy atom. The third-order valence-electron chi connectivity index (χ3n) is 2.06. The van der Waals surface area contributed by atoms with Crippen LogP contribution in [0, 0.1) is 0 Å². The van der Waals surface area contributed by atoms with E-state index in [1.54, 1.807) is 21.1 Å². The van der Waals surface area contributed by atoms with E-state index in [1.165, 1.54) is 9.45 Å². The van der Waals surface area contributed by atoms with Crippen molar-refractivity contribution in [3.63, 3.8) is 0 Å². The van der Waals surface area contributed by atoms with Crippen molar-refractivity contribution in [1.82, 2.24) is 20.1 Å². The van der Waals surface area contributed by atoms with Crippen molar-refractivity contribution >= 4 is 32.8 Å². The van der Waals surface area contributed by atoms with Gasteiger partial charge in [0.05, 0.1) is 4.22 Å². The number of halogens is 1. The molecule has 94 valence electrons. The van der Waals surface area contributed by atoms with Crippen LogP contribution in [0.1, 0.15) is 0 Å².